The fourth-order valence-electron chi connectivity index (χ4n) is 1.32. The van der Waals surface area contributed by atoms with Crippen LogP contribution in [0, 0.1) is 0 Å². The first-order valence-corrected chi connectivity index (χ1v) is 5.34. The van der Waals surface area contributed by atoms with E-state index in [9.17, 15) is 13.2 Å². The van der Waals surface area contributed by atoms with Crippen molar-refractivity contribution in [1.29, 1.82) is 0 Å². The van der Waals surface area contributed by atoms with Gasteiger partial charge in [0.1, 0.15) is 0 Å². The predicted molar refractivity (Wildman–Crippen MR) is 60.7 cm³/mol. The Balaban J connectivity index is 2.47. The largest absolute Gasteiger partial charge is 0.419 e. The van der Waals surface area contributed by atoms with E-state index in [1.807, 2.05) is 0 Å². The third kappa shape index (κ3) is 2.44. The molecular formula is C10H7BrF3N3. The number of alkyl halides is 3. The van der Waals surface area contributed by atoms with E-state index >= 15 is 0 Å². The van der Waals surface area contributed by atoms with Gasteiger partial charge in [0.25, 0.3) is 0 Å². The Morgan fingerprint density at radius 1 is 1.29 bits per heavy atom. The van der Waals surface area contributed by atoms with Crippen molar-refractivity contribution in [2.75, 3.05) is 5.73 Å². The van der Waals surface area contributed by atoms with Crippen LogP contribution in [0.3, 0.4) is 0 Å². The van der Waals surface area contributed by atoms with Gasteiger partial charge in [-0.05, 0) is 18.2 Å². The minimum absolute atomic E-state index is 0.352. The van der Waals surface area contributed by atoms with Gasteiger partial charge in [0, 0.05) is 10.7 Å². The Morgan fingerprint density at radius 2 is 2.00 bits per heavy atom. The zero-order valence-corrected chi connectivity index (χ0v) is 9.96. The number of halogens is 4. The number of aromatic nitrogens is 2. The number of nitrogen functional groups attached to an aromatic ring is 1. The Hall–Kier alpha value is -1.50. The number of hydrogen-bond acceptors (Lipinski definition) is 2. The Kier molecular flexibility index (Phi) is 2.86. The molecule has 0 bridgehead atoms. The molecule has 0 amide bonds. The maximum absolute atomic E-state index is 12.4. The van der Waals surface area contributed by atoms with Crippen molar-refractivity contribution < 1.29 is 13.2 Å². The lowest BCUT2D eigenvalue weighted by atomic mass is 10.3. The Labute approximate surface area is 103 Å². The van der Waals surface area contributed by atoms with Gasteiger partial charge in [-0.25, -0.2) is 4.68 Å². The van der Waals surface area contributed by atoms with Crippen molar-refractivity contribution in [3.63, 3.8) is 0 Å². The molecule has 0 unspecified atom stereocenters. The second-order valence-corrected chi connectivity index (χ2v) is 4.29. The van der Waals surface area contributed by atoms with Gasteiger partial charge >= 0.3 is 6.18 Å². The third-order valence-corrected chi connectivity index (χ3v) is 2.64. The first-order chi connectivity index (χ1) is 7.88. The van der Waals surface area contributed by atoms with E-state index in [0.717, 1.165) is 17.1 Å². The SMILES string of the molecule is Nc1ccc(Br)cc1-n1cc(C(F)(F)F)cn1. The zero-order valence-electron chi connectivity index (χ0n) is 8.37. The highest BCUT2D eigenvalue weighted by atomic mass is 79.9. The van der Waals surface area contributed by atoms with Crippen LogP contribution in [-0.2, 0) is 6.18 Å². The summed E-state index contributed by atoms with van der Waals surface area (Å²) in [7, 11) is 0. The number of anilines is 1. The molecule has 3 nitrogen and oxygen atoms in total. The van der Waals surface area contributed by atoms with E-state index in [4.69, 9.17) is 5.73 Å². The maximum Gasteiger partial charge on any atom is 0.419 e. The van der Waals surface area contributed by atoms with E-state index in [0.29, 0.717) is 15.8 Å². The molecule has 0 radical (unpaired) electrons. The van der Waals surface area contributed by atoms with Gasteiger partial charge in [-0.3, -0.25) is 0 Å². The minimum Gasteiger partial charge on any atom is -0.397 e. The van der Waals surface area contributed by atoms with E-state index < -0.39 is 11.7 Å². The molecule has 0 fully saturated rings. The lowest BCUT2D eigenvalue weighted by Crippen LogP contribution is -2.03. The van der Waals surface area contributed by atoms with Crippen molar-refractivity contribution in [2.24, 2.45) is 0 Å². The normalized spacial score (nSPS) is 11.8. The second-order valence-electron chi connectivity index (χ2n) is 3.37. The molecule has 0 saturated heterocycles. The Bertz CT molecular complexity index is 548. The van der Waals surface area contributed by atoms with Crippen LogP contribution in [0.5, 0.6) is 0 Å². The average Bonchev–Trinajstić information content (AvgIpc) is 2.70. The molecule has 2 N–H and O–H groups in total. The molecule has 1 aromatic carbocycles. The molecular weight excluding hydrogens is 299 g/mol. The lowest BCUT2D eigenvalue weighted by molar-refractivity contribution is -0.137. The van der Waals surface area contributed by atoms with Crippen LogP contribution in [0.4, 0.5) is 18.9 Å². The fourth-order valence-corrected chi connectivity index (χ4v) is 1.67. The number of hydrogen-bond donors (Lipinski definition) is 1. The summed E-state index contributed by atoms with van der Waals surface area (Å²) in [5, 5.41) is 3.65. The topological polar surface area (TPSA) is 43.8 Å². The van der Waals surface area contributed by atoms with E-state index in [2.05, 4.69) is 21.0 Å². The monoisotopic (exact) mass is 305 g/mol. The van der Waals surface area contributed by atoms with Crippen LogP contribution in [0.25, 0.3) is 5.69 Å². The van der Waals surface area contributed by atoms with Crippen LogP contribution in [-0.4, -0.2) is 9.78 Å². The van der Waals surface area contributed by atoms with Crippen LogP contribution in [0.2, 0.25) is 0 Å². The van der Waals surface area contributed by atoms with Gasteiger partial charge in [0.05, 0.1) is 23.1 Å². The summed E-state index contributed by atoms with van der Waals surface area (Å²) in [6, 6.07) is 4.89. The maximum atomic E-state index is 12.4. The third-order valence-electron chi connectivity index (χ3n) is 2.15. The molecule has 0 spiro atoms. The van der Waals surface area contributed by atoms with Crippen molar-refractivity contribution in [3.05, 3.63) is 40.6 Å². The molecule has 0 atom stereocenters. The molecule has 2 rings (SSSR count). The molecule has 0 aliphatic heterocycles. The highest BCUT2D eigenvalue weighted by Crippen LogP contribution is 2.30. The highest BCUT2D eigenvalue weighted by Gasteiger charge is 2.32. The molecule has 17 heavy (non-hydrogen) atoms. The minimum atomic E-state index is -4.40. The molecule has 7 heteroatoms. The van der Waals surface area contributed by atoms with Gasteiger partial charge in [0.2, 0.25) is 0 Å². The van der Waals surface area contributed by atoms with Gasteiger partial charge < -0.3 is 5.73 Å². The zero-order chi connectivity index (χ0) is 12.6. The standard InChI is InChI=1S/C10H7BrF3N3/c11-7-1-2-8(15)9(3-7)17-5-6(4-16-17)10(12,13)14/h1-5H,15H2. The average molecular weight is 306 g/mol. The molecule has 1 aromatic heterocycles. The van der Waals surface area contributed by atoms with E-state index in [1.165, 1.54) is 0 Å². The van der Waals surface area contributed by atoms with E-state index in [1.54, 1.807) is 18.2 Å². The quantitative estimate of drug-likeness (QED) is 0.822. The first kappa shape index (κ1) is 12.0. The van der Waals surface area contributed by atoms with Gasteiger partial charge in [0.15, 0.2) is 0 Å². The van der Waals surface area contributed by atoms with E-state index in [-0.39, 0.29) is 0 Å². The van der Waals surface area contributed by atoms with Crippen molar-refractivity contribution in [3.8, 4) is 5.69 Å². The van der Waals surface area contributed by atoms with Crippen LogP contribution in [0.15, 0.2) is 35.1 Å². The highest BCUT2D eigenvalue weighted by molar-refractivity contribution is 9.10. The summed E-state index contributed by atoms with van der Waals surface area (Å²) < 4.78 is 39.0. The Morgan fingerprint density at radius 3 is 2.59 bits per heavy atom. The molecule has 0 aliphatic carbocycles. The molecule has 0 saturated carbocycles. The number of rotatable bonds is 1. The summed E-state index contributed by atoms with van der Waals surface area (Å²) in [6.07, 6.45) is -2.74. The van der Waals surface area contributed by atoms with Crippen molar-refractivity contribution >= 4 is 21.6 Å². The molecule has 0 aliphatic rings. The number of benzene rings is 1. The number of nitrogens with two attached hydrogens (primary N) is 1. The molecule has 1 heterocycles. The fraction of sp³-hybridized carbons (Fsp3) is 0.100. The first-order valence-electron chi connectivity index (χ1n) is 4.55. The predicted octanol–water partition coefficient (Wildman–Crippen LogP) is 3.24. The van der Waals surface area contributed by atoms with Crippen LogP contribution in [0.1, 0.15) is 5.56 Å². The van der Waals surface area contributed by atoms with Crippen molar-refractivity contribution in [2.45, 2.75) is 6.18 Å². The van der Waals surface area contributed by atoms with Gasteiger partial charge in [-0.1, -0.05) is 15.9 Å². The number of nitrogens with zero attached hydrogens (tertiary/aromatic N) is 2. The summed E-state index contributed by atoms with van der Waals surface area (Å²) in [6.45, 7) is 0. The van der Waals surface area contributed by atoms with Crippen LogP contribution < -0.4 is 5.73 Å². The summed E-state index contributed by atoms with van der Waals surface area (Å²) in [4.78, 5) is 0. The molecule has 90 valence electrons. The van der Waals surface area contributed by atoms with Gasteiger partial charge in [-0.2, -0.15) is 18.3 Å². The molecule has 2 aromatic rings. The summed E-state index contributed by atoms with van der Waals surface area (Å²) in [5.41, 5.74) is 5.62. The second kappa shape index (κ2) is 4.06. The summed E-state index contributed by atoms with van der Waals surface area (Å²) in [5.74, 6) is 0. The lowest BCUT2D eigenvalue weighted by Gasteiger charge is -2.06. The van der Waals surface area contributed by atoms with Crippen molar-refractivity contribution in [1.82, 2.24) is 9.78 Å². The summed E-state index contributed by atoms with van der Waals surface area (Å²) >= 11 is 3.22. The van der Waals surface area contributed by atoms with Gasteiger partial charge in [-0.15, -0.1) is 0 Å². The smallest absolute Gasteiger partial charge is 0.397 e. The van der Waals surface area contributed by atoms with Crippen LogP contribution >= 0.6 is 15.9 Å².